The predicted octanol–water partition coefficient (Wildman–Crippen LogP) is -1.14. The van der Waals surface area contributed by atoms with Gasteiger partial charge in [0.05, 0.1) is 23.0 Å². The Hall–Kier alpha value is -1.79. The minimum absolute atomic E-state index is 0.158. The fourth-order valence-corrected chi connectivity index (χ4v) is 3.12. The van der Waals surface area contributed by atoms with E-state index < -0.39 is 28.2 Å². The molecule has 1 aromatic carbocycles. The van der Waals surface area contributed by atoms with Gasteiger partial charge in [0.15, 0.2) is 0 Å². The highest BCUT2D eigenvalue weighted by atomic mass is 32.2. The van der Waals surface area contributed by atoms with Crippen molar-refractivity contribution in [2.24, 2.45) is 5.84 Å². The van der Waals surface area contributed by atoms with Gasteiger partial charge in [-0.15, -0.1) is 0 Å². The molecule has 0 amide bonds. The van der Waals surface area contributed by atoms with Crippen molar-refractivity contribution in [1.82, 2.24) is 4.31 Å². The van der Waals surface area contributed by atoms with Gasteiger partial charge in [0.25, 0.3) is 5.69 Å². The first kappa shape index (κ1) is 17.3. The molecular formula is C10H16N4O6S. The number of anilines is 1. The van der Waals surface area contributed by atoms with Crippen molar-refractivity contribution in [2.45, 2.75) is 4.90 Å². The largest absolute Gasteiger partial charge is 0.395 e. The molecule has 5 N–H and O–H groups in total. The molecule has 21 heavy (non-hydrogen) atoms. The fraction of sp³-hybridized carbons (Fsp3) is 0.400. The van der Waals surface area contributed by atoms with E-state index in [2.05, 4.69) is 5.43 Å². The predicted molar refractivity (Wildman–Crippen MR) is 73.8 cm³/mol. The standard InChI is InChI=1S/C10H16N4O6S/c11-12-9-7-8(1-2-10(9)14(17)18)21(19,20)13(3-5-15)4-6-16/h1-2,7,12,15-16H,3-6,11H2. The number of hydrogen-bond donors (Lipinski definition) is 4. The van der Waals surface area contributed by atoms with Gasteiger partial charge in [-0.05, 0) is 12.1 Å². The maximum absolute atomic E-state index is 12.3. The van der Waals surface area contributed by atoms with Gasteiger partial charge in [0.1, 0.15) is 5.69 Å². The van der Waals surface area contributed by atoms with Crippen molar-refractivity contribution in [3.63, 3.8) is 0 Å². The minimum Gasteiger partial charge on any atom is -0.395 e. The van der Waals surface area contributed by atoms with Crippen LogP contribution in [0.5, 0.6) is 0 Å². The summed E-state index contributed by atoms with van der Waals surface area (Å²) in [5, 5.41) is 28.5. The lowest BCUT2D eigenvalue weighted by atomic mass is 10.3. The molecule has 0 heterocycles. The lowest BCUT2D eigenvalue weighted by molar-refractivity contribution is -0.384. The number of nitro groups is 1. The zero-order chi connectivity index (χ0) is 16.0. The first-order valence-corrected chi connectivity index (χ1v) is 7.29. The highest BCUT2D eigenvalue weighted by molar-refractivity contribution is 7.89. The second-order valence-corrected chi connectivity index (χ2v) is 5.87. The molecule has 1 rings (SSSR count). The molecule has 11 heteroatoms. The number of aliphatic hydroxyl groups excluding tert-OH is 2. The Kier molecular flexibility index (Phi) is 5.99. The third-order valence-electron chi connectivity index (χ3n) is 2.66. The summed E-state index contributed by atoms with van der Waals surface area (Å²) < 4.78 is 25.5. The summed E-state index contributed by atoms with van der Waals surface area (Å²) in [7, 11) is -4.01. The quantitative estimate of drug-likeness (QED) is 0.265. The number of nitrogen functional groups attached to an aromatic ring is 1. The molecule has 118 valence electrons. The van der Waals surface area contributed by atoms with Gasteiger partial charge in [-0.1, -0.05) is 0 Å². The Labute approximate surface area is 121 Å². The first-order valence-electron chi connectivity index (χ1n) is 5.85. The number of benzene rings is 1. The van der Waals surface area contributed by atoms with Crippen LogP contribution in [0.3, 0.4) is 0 Å². The van der Waals surface area contributed by atoms with Gasteiger partial charge in [0.2, 0.25) is 10.0 Å². The van der Waals surface area contributed by atoms with Crippen LogP contribution in [0.15, 0.2) is 23.1 Å². The third-order valence-corrected chi connectivity index (χ3v) is 4.55. The molecule has 0 radical (unpaired) electrons. The van der Waals surface area contributed by atoms with Crippen LogP contribution < -0.4 is 11.3 Å². The minimum atomic E-state index is -4.01. The summed E-state index contributed by atoms with van der Waals surface area (Å²) >= 11 is 0. The van der Waals surface area contributed by atoms with E-state index in [0.717, 1.165) is 22.5 Å². The topological polar surface area (TPSA) is 159 Å². The number of hydrogen-bond acceptors (Lipinski definition) is 8. The van der Waals surface area contributed by atoms with Crippen LogP contribution in [0.4, 0.5) is 11.4 Å². The second kappa shape index (κ2) is 7.28. The Balaban J connectivity index is 3.27. The average Bonchev–Trinajstić information content (AvgIpc) is 2.46. The van der Waals surface area contributed by atoms with E-state index in [0.29, 0.717) is 0 Å². The number of nitrogens with one attached hydrogen (secondary N) is 1. The summed E-state index contributed by atoms with van der Waals surface area (Å²) in [5.74, 6) is 5.15. The Morgan fingerprint density at radius 1 is 1.29 bits per heavy atom. The van der Waals surface area contributed by atoms with Gasteiger partial charge < -0.3 is 15.6 Å². The highest BCUT2D eigenvalue weighted by Crippen LogP contribution is 2.27. The molecule has 0 aromatic heterocycles. The summed E-state index contributed by atoms with van der Waals surface area (Å²) in [6.07, 6.45) is 0. The molecule has 0 atom stereocenters. The number of nitrogens with zero attached hydrogens (tertiary/aromatic N) is 2. The molecule has 0 unspecified atom stereocenters. The average molecular weight is 320 g/mol. The SMILES string of the molecule is NNc1cc(S(=O)(=O)N(CCO)CCO)ccc1[N+](=O)[O-]. The fourth-order valence-electron chi connectivity index (χ4n) is 1.67. The van der Waals surface area contributed by atoms with E-state index in [4.69, 9.17) is 16.1 Å². The normalized spacial score (nSPS) is 11.6. The zero-order valence-corrected chi connectivity index (χ0v) is 11.8. The number of hydrazine groups is 1. The van der Waals surface area contributed by atoms with Crippen LogP contribution >= 0.6 is 0 Å². The van der Waals surface area contributed by atoms with Crippen molar-refractivity contribution < 1.29 is 23.6 Å². The zero-order valence-electron chi connectivity index (χ0n) is 11.0. The Bertz CT molecular complexity index is 600. The van der Waals surface area contributed by atoms with Crippen LogP contribution in [-0.4, -0.2) is 54.2 Å². The molecule has 1 aromatic rings. The lowest BCUT2D eigenvalue weighted by Gasteiger charge is -2.20. The molecule has 0 aliphatic rings. The molecular weight excluding hydrogens is 304 g/mol. The Morgan fingerprint density at radius 3 is 2.29 bits per heavy atom. The number of nitro benzene ring substituents is 1. The first-order chi connectivity index (χ1) is 9.88. The van der Waals surface area contributed by atoms with Crippen molar-refractivity contribution >= 4 is 21.4 Å². The van der Waals surface area contributed by atoms with Crippen LogP contribution in [0, 0.1) is 10.1 Å². The summed E-state index contributed by atoms with van der Waals surface area (Å²) in [6.45, 7) is -1.25. The van der Waals surface area contributed by atoms with Crippen LogP contribution in [0.2, 0.25) is 0 Å². The molecule has 0 aliphatic heterocycles. The maximum atomic E-state index is 12.3. The van der Waals surface area contributed by atoms with Crippen LogP contribution in [0.1, 0.15) is 0 Å². The van der Waals surface area contributed by atoms with E-state index in [9.17, 15) is 18.5 Å². The summed E-state index contributed by atoms with van der Waals surface area (Å²) in [4.78, 5) is 9.83. The smallest absolute Gasteiger partial charge is 0.293 e. The van der Waals surface area contributed by atoms with E-state index >= 15 is 0 Å². The maximum Gasteiger partial charge on any atom is 0.293 e. The Morgan fingerprint density at radius 2 is 1.86 bits per heavy atom. The summed E-state index contributed by atoms with van der Waals surface area (Å²) in [5.41, 5.74) is 1.54. The monoisotopic (exact) mass is 320 g/mol. The third kappa shape index (κ3) is 3.86. The number of sulfonamides is 1. The molecule has 0 spiro atoms. The van der Waals surface area contributed by atoms with E-state index in [1.807, 2.05) is 0 Å². The van der Waals surface area contributed by atoms with Crippen molar-refractivity contribution in [2.75, 3.05) is 31.7 Å². The van der Waals surface area contributed by atoms with E-state index in [-0.39, 0.29) is 29.4 Å². The van der Waals surface area contributed by atoms with E-state index in [1.54, 1.807) is 0 Å². The van der Waals surface area contributed by atoms with Gasteiger partial charge in [-0.25, -0.2) is 8.42 Å². The molecule has 10 nitrogen and oxygen atoms in total. The van der Waals surface area contributed by atoms with Gasteiger partial charge >= 0.3 is 0 Å². The molecule has 0 saturated heterocycles. The molecule has 0 saturated carbocycles. The van der Waals surface area contributed by atoms with Crippen molar-refractivity contribution in [3.05, 3.63) is 28.3 Å². The van der Waals surface area contributed by atoms with Crippen LogP contribution in [0.25, 0.3) is 0 Å². The number of aliphatic hydroxyl groups is 2. The van der Waals surface area contributed by atoms with Gasteiger partial charge in [-0.2, -0.15) is 4.31 Å². The van der Waals surface area contributed by atoms with Crippen LogP contribution in [-0.2, 0) is 10.0 Å². The highest BCUT2D eigenvalue weighted by Gasteiger charge is 2.26. The molecule has 0 aliphatic carbocycles. The molecule has 0 fully saturated rings. The molecule has 0 bridgehead atoms. The van der Waals surface area contributed by atoms with Crippen molar-refractivity contribution in [3.8, 4) is 0 Å². The van der Waals surface area contributed by atoms with E-state index in [1.165, 1.54) is 0 Å². The van der Waals surface area contributed by atoms with Gasteiger partial charge in [0, 0.05) is 19.2 Å². The summed E-state index contributed by atoms with van der Waals surface area (Å²) in [6, 6.07) is 3.10. The number of rotatable bonds is 8. The number of nitrogens with two attached hydrogens (primary N) is 1. The van der Waals surface area contributed by atoms with Crippen molar-refractivity contribution in [1.29, 1.82) is 0 Å². The lowest BCUT2D eigenvalue weighted by Crippen LogP contribution is -2.35. The second-order valence-electron chi connectivity index (χ2n) is 3.93. The van der Waals surface area contributed by atoms with Gasteiger partial charge in [-0.3, -0.25) is 16.0 Å².